The summed E-state index contributed by atoms with van der Waals surface area (Å²) in [4.78, 5) is 1.21. The highest BCUT2D eigenvalue weighted by Crippen LogP contribution is 2.42. The molecule has 0 saturated carbocycles. The highest BCUT2D eigenvalue weighted by molar-refractivity contribution is 9.10. The second kappa shape index (κ2) is 7.54. The number of rotatable bonds is 3. The summed E-state index contributed by atoms with van der Waals surface area (Å²) in [6.45, 7) is 3.51. The van der Waals surface area contributed by atoms with Crippen LogP contribution in [0.4, 0.5) is 0 Å². The van der Waals surface area contributed by atoms with Crippen molar-refractivity contribution >= 4 is 27.9 Å². The van der Waals surface area contributed by atoms with Gasteiger partial charge in [-0.2, -0.15) is 0 Å². The minimum atomic E-state index is 0.621. The molecule has 0 unspecified atom stereocenters. The van der Waals surface area contributed by atoms with Crippen LogP contribution in [0.2, 0.25) is 0 Å². The van der Waals surface area contributed by atoms with Gasteiger partial charge in [0.2, 0.25) is 0 Å². The maximum absolute atomic E-state index is 5.73. The highest BCUT2D eigenvalue weighted by atomic mass is 79.9. The van der Waals surface area contributed by atoms with Crippen molar-refractivity contribution in [3.05, 3.63) is 40.4 Å². The van der Waals surface area contributed by atoms with Gasteiger partial charge in [-0.25, -0.2) is 4.31 Å². The molecule has 0 aromatic heterocycles. The number of benzene rings is 1. The predicted octanol–water partition coefficient (Wildman–Crippen LogP) is 5.22. The summed E-state index contributed by atoms with van der Waals surface area (Å²) in [7, 11) is 0. The molecule has 128 valence electrons. The van der Waals surface area contributed by atoms with Gasteiger partial charge in [-0.05, 0) is 77.2 Å². The van der Waals surface area contributed by atoms with E-state index in [9.17, 15) is 0 Å². The standard InChI is InChI=1S/C19H22BrNO2S/c20-17-12-16(13-18-19(17)23-11-10-22-18)24-21-8-6-15(7-9-21)14-4-2-1-3-5-14/h2,4-5,12-13,15H,1,3,6-11H2. The first-order chi connectivity index (χ1) is 11.8. The molecule has 2 aliphatic heterocycles. The van der Waals surface area contributed by atoms with E-state index >= 15 is 0 Å². The van der Waals surface area contributed by atoms with Crippen LogP contribution in [0.3, 0.4) is 0 Å². The zero-order valence-electron chi connectivity index (χ0n) is 13.7. The molecule has 1 aromatic carbocycles. The summed E-state index contributed by atoms with van der Waals surface area (Å²) in [6.07, 6.45) is 12.0. The summed E-state index contributed by atoms with van der Waals surface area (Å²) in [5.41, 5.74) is 1.56. The van der Waals surface area contributed by atoms with E-state index < -0.39 is 0 Å². The molecular weight excluding hydrogens is 386 g/mol. The van der Waals surface area contributed by atoms with Crippen LogP contribution < -0.4 is 9.47 Å². The SMILES string of the molecule is Brc1cc(SN2CCC(C3=CCCC=C3)CC2)cc2c1OCCO2. The lowest BCUT2D eigenvalue weighted by Gasteiger charge is -2.32. The quantitative estimate of drug-likeness (QED) is 0.640. The molecule has 1 saturated heterocycles. The third kappa shape index (κ3) is 3.68. The van der Waals surface area contributed by atoms with E-state index in [4.69, 9.17) is 9.47 Å². The summed E-state index contributed by atoms with van der Waals surface area (Å²) in [6, 6.07) is 4.24. The fraction of sp³-hybridized carbons (Fsp3) is 0.474. The molecule has 0 amide bonds. The van der Waals surface area contributed by atoms with E-state index in [0.717, 1.165) is 35.0 Å². The van der Waals surface area contributed by atoms with Gasteiger partial charge in [0.15, 0.2) is 11.5 Å². The minimum absolute atomic E-state index is 0.621. The van der Waals surface area contributed by atoms with E-state index in [1.807, 2.05) is 11.9 Å². The van der Waals surface area contributed by atoms with Gasteiger partial charge < -0.3 is 9.47 Å². The Kier molecular flexibility index (Phi) is 5.20. The number of piperidine rings is 1. The molecule has 1 aliphatic carbocycles. The Balaban J connectivity index is 1.38. The normalized spacial score (nSPS) is 21.6. The third-order valence-corrected chi connectivity index (χ3v) is 6.41. The molecular formula is C19H22BrNO2S. The first kappa shape index (κ1) is 16.6. The molecule has 0 spiro atoms. The second-order valence-corrected chi connectivity index (χ2v) is 8.43. The van der Waals surface area contributed by atoms with Crippen molar-refractivity contribution < 1.29 is 9.47 Å². The molecule has 4 rings (SSSR count). The summed E-state index contributed by atoms with van der Waals surface area (Å²) >= 11 is 5.44. The maximum atomic E-state index is 5.73. The van der Waals surface area contributed by atoms with Gasteiger partial charge in [-0.3, -0.25) is 0 Å². The Hall–Kier alpha value is -0.910. The zero-order chi connectivity index (χ0) is 16.4. The van der Waals surface area contributed by atoms with Gasteiger partial charge in [-0.15, -0.1) is 0 Å². The Morgan fingerprint density at radius 1 is 1.08 bits per heavy atom. The molecule has 0 atom stereocenters. The van der Waals surface area contributed by atoms with Crippen LogP contribution in [-0.2, 0) is 0 Å². The van der Waals surface area contributed by atoms with E-state index in [2.05, 4.69) is 50.6 Å². The molecule has 0 N–H and O–H groups in total. The van der Waals surface area contributed by atoms with Crippen LogP contribution in [0.5, 0.6) is 11.5 Å². The monoisotopic (exact) mass is 407 g/mol. The molecule has 2 heterocycles. The molecule has 1 fully saturated rings. The fourth-order valence-electron chi connectivity index (χ4n) is 3.51. The first-order valence-corrected chi connectivity index (χ1v) is 10.2. The van der Waals surface area contributed by atoms with Gasteiger partial charge in [0, 0.05) is 18.0 Å². The summed E-state index contributed by atoms with van der Waals surface area (Å²) < 4.78 is 14.9. The Bertz CT molecular complexity index is 666. The average Bonchev–Trinajstić information content (AvgIpc) is 2.63. The van der Waals surface area contributed by atoms with E-state index in [-0.39, 0.29) is 0 Å². The Morgan fingerprint density at radius 3 is 2.71 bits per heavy atom. The number of allylic oxidation sites excluding steroid dienone is 4. The number of nitrogens with zero attached hydrogens (tertiary/aromatic N) is 1. The largest absolute Gasteiger partial charge is 0.486 e. The second-order valence-electron chi connectivity index (χ2n) is 6.41. The third-order valence-electron chi connectivity index (χ3n) is 4.75. The van der Waals surface area contributed by atoms with Crippen LogP contribution in [-0.4, -0.2) is 30.6 Å². The lowest BCUT2D eigenvalue weighted by atomic mass is 9.87. The predicted molar refractivity (Wildman–Crippen MR) is 102 cm³/mol. The van der Waals surface area contributed by atoms with Crippen molar-refractivity contribution in [2.24, 2.45) is 5.92 Å². The highest BCUT2D eigenvalue weighted by Gasteiger charge is 2.23. The Morgan fingerprint density at radius 2 is 1.92 bits per heavy atom. The van der Waals surface area contributed by atoms with Crippen molar-refractivity contribution in [3.8, 4) is 11.5 Å². The van der Waals surface area contributed by atoms with Crippen molar-refractivity contribution in [3.63, 3.8) is 0 Å². The number of hydrogen-bond acceptors (Lipinski definition) is 4. The number of halogens is 1. The van der Waals surface area contributed by atoms with Gasteiger partial charge in [-0.1, -0.05) is 18.2 Å². The molecule has 0 bridgehead atoms. The molecule has 3 aliphatic rings. The topological polar surface area (TPSA) is 21.7 Å². The molecule has 1 aromatic rings. The van der Waals surface area contributed by atoms with Crippen molar-refractivity contribution in [1.82, 2.24) is 4.31 Å². The van der Waals surface area contributed by atoms with Gasteiger partial charge in [0.1, 0.15) is 13.2 Å². The lowest BCUT2D eigenvalue weighted by Crippen LogP contribution is -2.29. The Labute approximate surface area is 156 Å². The lowest BCUT2D eigenvalue weighted by molar-refractivity contribution is 0.170. The summed E-state index contributed by atoms with van der Waals surface area (Å²) in [5, 5.41) is 0. The van der Waals surface area contributed by atoms with E-state index in [0.29, 0.717) is 13.2 Å². The van der Waals surface area contributed by atoms with E-state index in [1.54, 1.807) is 5.57 Å². The first-order valence-electron chi connectivity index (χ1n) is 8.68. The van der Waals surface area contributed by atoms with Crippen LogP contribution >= 0.6 is 27.9 Å². The minimum Gasteiger partial charge on any atom is -0.486 e. The van der Waals surface area contributed by atoms with Crippen LogP contribution in [0, 0.1) is 5.92 Å². The molecule has 24 heavy (non-hydrogen) atoms. The van der Waals surface area contributed by atoms with Crippen molar-refractivity contribution in [2.45, 2.75) is 30.6 Å². The fourth-order valence-corrected chi connectivity index (χ4v) is 5.24. The van der Waals surface area contributed by atoms with Gasteiger partial charge in [0.25, 0.3) is 0 Å². The number of hydrogen-bond donors (Lipinski definition) is 0. The zero-order valence-corrected chi connectivity index (χ0v) is 16.1. The van der Waals surface area contributed by atoms with Crippen LogP contribution in [0.1, 0.15) is 25.7 Å². The number of ether oxygens (including phenoxy) is 2. The van der Waals surface area contributed by atoms with Gasteiger partial charge >= 0.3 is 0 Å². The van der Waals surface area contributed by atoms with Crippen molar-refractivity contribution in [1.29, 1.82) is 0 Å². The molecule has 5 heteroatoms. The van der Waals surface area contributed by atoms with E-state index in [1.165, 1.54) is 30.6 Å². The van der Waals surface area contributed by atoms with Gasteiger partial charge in [0.05, 0.1) is 4.47 Å². The summed E-state index contributed by atoms with van der Waals surface area (Å²) in [5.74, 6) is 2.43. The molecule has 0 radical (unpaired) electrons. The maximum Gasteiger partial charge on any atom is 0.175 e. The number of fused-ring (bicyclic) bond motifs is 1. The van der Waals surface area contributed by atoms with Crippen LogP contribution in [0.15, 0.2) is 45.3 Å². The van der Waals surface area contributed by atoms with Crippen molar-refractivity contribution in [2.75, 3.05) is 26.3 Å². The smallest absolute Gasteiger partial charge is 0.175 e. The average molecular weight is 408 g/mol. The van der Waals surface area contributed by atoms with Crippen LogP contribution in [0.25, 0.3) is 0 Å². The molecule has 3 nitrogen and oxygen atoms in total.